The first kappa shape index (κ1) is 18.4. The number of nitrogens with zero attached hydrogens (tertiary/aromatic N) is 1. The molecule has 1 aliphatic rings. The number of hydrogen-bond acceptors (Lipinski definition) is 4. The van der Waals surface area contributed by atoms with Crippen molar-refractivity contribution in [2.24, 2.45) is 0 Å². The Bertz CT molecular complexity index is 575. The number of carbonyl (C=O) groups is 2. The number of nitrogens with one attached hydrogen (secondary N) is 3. The number of amides is 2. The predicted molar refractivity (Wildman–Crippen MR) is 96.1 cm³/mol. The van der Waals surface area contributed by atoms with Crippen LogP contribution >= 0.6 is 0 Å². The molecule has 132 valence electrons. The maximum atomic E-state index is 12.1. The van der Waals surface area contributed by atoms with E-state index in [4.69, 9.17) is 0 Å². The highest BCUT2D eigenvalue weighted by Gasteiger charge is 2.21. The molecule has 24 heavy (non-hydrogen) atoms. The molecule has 1 aromatic carbocycles. The molecule has 1 fully saturated rings. The molecule has 1 heterocycles. The molecule has 3 N–H and O–H groups in total. The van der Waals surface area contributed by atoms with E-state index in [-0.39, 0.29) is 5.41 Å². The lowest BCUT2D eigenvalue weighted by atomic mass is 9.86. The van der Waals surface area contributed by atoms with Crippen LogP contribution in [0.1, 0.15) is 26.3 Å². The van der Waals surface area contributed by atoms with E-state index in [1.807, 2.05) is 24.3 Å². The summed E-state index contributed by atoms with van der Waals surface area (Å²) in [6, 6.07) is 7.58. The summed E-state index contributed by atoms with van der Waals surface area (Å²) in [4.78, 5) is 26.4. The molecule has 0 aromatic heterocycles. The van der Waals surface area contributed by atoms with E-state index in [1.54, 1.807) is 0 Å². The predicted octanol–water partition coefficient (Wildman–Crippen LogP) is 0.944. The second kappa shape index (κ2) is 8.26. The zero-order chi connectivity index (χ0) is 17.6. The lowest BCUT2D eigenvalue weighted by molar-refractivity contribution is -0.136. The highest BCUT2D eigenvalue weighted by atomic mass is 16.2. The first-order chi connectivity index (χ1) is 11.4. The molecule has 0 radical (unpaired) electrons. The Morgan fingerprint density at radius 3 is 2.46 bits per heavy atom. The maximum absolute atomic E-state index is 12.1. The van der Waals surface area contributed by atoms with Gasteiger partial charge in [-0.25, -0.2) is 0 Å². The quantitative estimate of drug-likeness (QED) is 0.718. The fourth-order valence-electron chi connectivity index (χ4n) is 2.77. The van der Waals surface area contributed by atoms with Gasteiger partial charge in [-0.2, -0.15) is 0 Å². The smallest absolute Gasteiger partial charge is 0.313 e. The third-order valence-corrected chi connectivity index (χ3v) is 4.11. The molecule has 6 nitrogen and oxygen atoms in total. The van der Waals surface area contributed by atoms with E-state index in [9.17, 15) is 9.59 Å². The van der Waals surface area contributed by atoms with Gasteiger partial charge < -0.3 is 16.0 Å². The number of anilines is 1. The van der Waals surface area contributed by atoms with Gasteiger partial charge in [0, 0.05) is 45.0 Å². The molecule has 6 heteroatoms. The summed E-state index contributed by atoms with van der Waals surface area (Å²) in [5.41, 5.74) is 1.59. The summed E-state index contributed by atoms with van der Waals surface area (Å²) < 4.78 is 0. The van der Waals surface area contributed by atoms with Crippen LogP contribution in [0.2, 0.25) is 0 Å². The van der Waals surface area contributed by atoms with Crippen molar-refractivity contribution in [1.29, 1.82) is 0 Å². The van der Waals surface area contributed by atoms with Gasteiger partial charge in [0.2, 0.25) is 0 Å². The second-order valence-electron chi connectivity index (χ2n) is 7.10. The standard InChI is InChI=1S/C18H28N4O2/c1-18(2,3)14-6-4-5-7-15(14)21-17(24)16(23)20-10-13-22-11-8-19-9-12-22/h4-7,19H,8-13H2,1-3H3,(H,20,23)(H,21,24). The Hall–Kier alpha value is -1.92. The van der Waals surface area contributed by atoms with E-state index in [1.165, 1.54) is 0 Å². The maximum Gasteiger partial charge on any atom is 0.313 e. The summed E-state index contributed by atoms with van der Waals surface area (Å²) in [6.07, 6.45) is 0. The average molecular weight is 332 g/mol. The summed E-state index contributed by atoms with van der Waals surface area (Å²) in [6.45, 7) is 11.4. The highest BCUT2D eigenvalue weighted by molar-refractivity contribution is 6.39. The van der Waals surface area contributed by atoms with Crippen LogP contribution in [0.25, 0.3) is 0 Å². The summed E-state index contributed by atoms with van der Waals surface area (Å²) in [5, 5.41) is 8.71. The van der Waals surface area contributed by atoms with E-state index >= 15 is 0 Å². The summed E-state index contributed by atoms with van der Waals surface area (Å²) in [7, 11) is 0. The largest absolute Gasteiger partial charge is 0.347 e. The fourth-order valence-corrected chi connectivity index (χ4v) is 2.77. The molecule has 2 rings (SSSR count). The van der Waals surface area contributed by atoms with Crippen LogP contribution < -0.4 is 16.0 Å². The van der Waals surface area contributed by atoms with Gasteiger partial charge in [-0.05, 0) is 17.0 Å². The SMILES string of the molecule is CC(C)(C)c1ccccc1NC(=O)C(=O)NCCN1CCNCC1. The van der Waals surface area contributed by atoms with Crippen LogP contribution in [0.5, 0.6) is 0 Å². The van der Waals surface area contributed by atoms with E-state index in [0.29, 0.717) is 12.2 Å². The van der Waals surface area contributed by atoms with Gasteiger partial charge in [-0.15, -0.1) is 0 Å². The molecular weight excluding hydrogens is 304 g/mol. The molecule has 1 aliphatic heterocycles. The van der Waals surface area contributed by atoms with Crippen molar-refractivity contribution in [3.05, 3.63) is 29.8 Å². The van der Waals surface area contributed by atoms with Gasteiger partial charge in [0.25, 0.3) is 0 Å². The minimum Gasteiger partial charge on any atom is -0.347 e. The van der Waals surface area contributed by atoms with Gasteiger partial charge in [0.15, 0.2) is 0 Å². The van der Waals surface area contributed by atoms with Crippen molar-refractivity contribution in [3.63, 3.8) is 0 Å². The number of carbonyl (C=O) groups excluding carboxylic acids is 2. The van der Waals surface area contributed by atoms with Crippen molar-refractivity contribution in [1.82, 2.24) is 15.5 Å². The van der Waals surface area contributed by atoms with Crippen LogP contribution in [-0.4, -0.2) is 56.0 Å². The van der Waals surface area contributed by atoms with Crippen molar-refractivity contribution in [3.8, 4) is 0 Å². The van der Waals surface area contributed by atoms with Crippen LogP contribution in [0.3, 0.4) is 0 Å². The van der Waals surface area contributed by atoms with Crippen LogP contribution in [0.15, 0.2) is 24.3 Å². The van der Waals surface area contributed by atoms with Crippen molar-refractivity contribution < 1.29 is 9.59 Å². The lowest BCUT2D eigenvalue weighted by Crippen LogP contribution is -2.47. The highest BCUT2D eigenvalue weighted by Crippen LogP contribution is 2.29. The number of benzene rings is 1. The van der Waals surface area contributed by atoms with Crippen molar-refractivity contribution in [2.75, 3.05) is 44.6 Å². The molecule has 2 amide bonds. The molecule has 0 spiro atoms. The topological polar surface area (TPSA) is 73.5 Å². The third-order valence-electron chi connectivity index (χ3n) is 4.11. The zero-order valence-corrected chi connectivity index (χ0v) is 14.8. The second-order valence-corrected chi connectivity index (χ2v) is 7.10. The first-order valence-electron chi connectivity index (χ1n) is 8.49. The minimum atomic E-state index is -0.619. The Balaban J connectivity index is 1.84. The van der Waals surface area contributed by atoms with Crippen LogP contribution in [0, 0.1) is 0 Å². The molecule has 0 bridgehead atoms. The molecule has 1 aromatic rings. The minimum absolute atomic E-state index is 0.108. The van der Waals surface area contributed by atoms with E-state index < -0.39 is 11.8 Å². The summed E-state index contributed by atoms with van der Waals surface area (Å²) >= 11 is 0. The Morgan fingerprint density at radius 1 is 1.12 bits per heavy atom. The zero-order valence-electron chi connectivity index (χ0n) is 14.8. The number of rotatable bonds is 4. The molecule has 0 aliphatic carbocycles. The lowest BCUT2D eigenvalue weighted by Gasteiger charge is -2.27. The van der Waals surface area contributed by atoms with Crippen molar-refractivity contribution in [2.45, 2.75) is 26.2 Å². The van der Waals surface area contributed by atoms with Gasteiger partial charge in [-0.1, -0.05) is 39.0 Å². The van der Waals surface area contributed by atoms with Gasteiger partial charge in [0.1, 0.15) is 0 Å². The van der Waals surface area contributed by atoms with Crippen molar-refractivity contribution >= 4 is 17.5 Å². The number of para-hydroxylation sites is 1. The normalized spacial score (nSPS) is 15.8. The van der Waals surface area contributed by atoms with E-state index in [2.05, 4.69) is 41.6 Å². The first-order valence-corrected chi connectivity index (χ1v) is 8.49. The molecule has 1 saturated heterocycles. The third kappa shape index (κ3) is 5.32. The van der Waals surface area contributed by atoms with Crippen LogP contribution in [0.4, 0.5) is 5.69 Å². The average Bonchev–Trinajstić information content (AvgIpc) is 2.55. The molecule has 0 unspecified atom stereocenters. The summed E-state index contributed by atoms with van der Waals surface area (Å²) in [5.74, 6) is -1.21. The molecular formula is C18H28N4O2. The Kier molecular flexibility index (Phi) is 6.34. The van der Waals surface area contributed by atoms with E-state index in [0.717, 1.165) is 38.3 Å². The van der Waals surface area contributed by atoms with Crippen LogP contribution in [-0.2, 0) is 15.0 Å². The Morgan fingerprint density at radius 2 is 1.79 bits per heavy atom. The molecule has 0 saturated carbocycles. The monoisotopic (exact) mass is 332 g/mol. The number of hydrogen-bond donors (Lipinski definition) is 3. The fraction of sp³-hybridized carbons (Fsp3) is 0.556. The molecule has 0 atom stereocenters. The van der Waals surface area contributed by atoms with Gasteiger partial charge in [0.05, 0.1) is 0 Å². The Labute approximate surface area is 144 Å². The van der Waals surface area contributed by atoms with Gasteiger partial charge in [-0.3, -0.25) is 14.5 Å². The number of piperazine rings is 1. The van der Waals surface area contributed by atoms with Gasteiger partial charge >= 0.3 is 11.8 Å².